The minimum Gasteiger partial charge on any atom is -0.495 e. The summed E-state index contributed by atoms with van der Waals surface area (Å²) in [6, 6.07) is 24.8. The molecule has 0 aromatic heterocycles. The van der Waals surface area contributed by atoms with Crippen molar-refractivity contribution >= 4 is 29.2 Å². The van der Waals surface area contributed by atoms with Crippen molar-refractivity contribution in [1.29, 1.82) is 0 Å². The molecule has 0 heterocycles. The largest absolute Gasteiger partial charge is 0.495 e. The summed E-state index contributed by atoms with van der Waals surface area (Å²) in [5.41, 5.74) is 4.45. The molecule has 0 radical (unpaired) electrons. The van der Waals surface area contributed by atoms with Gasteiger partial charge in [0.1, 0.15) is 17.2 Å². The normalized spacial score (nSPS) is 10.4. The lowest BCUT2D eigenvalue weighted by Gasteiger charge is -2.10. The van der Waals surface area contributed by atoms with Gasteiger partial charge in [-0.15, -0.1) is 0 Å². The van der Waals surface area contributed by atoms with Crippen molar-refractivity contribution < 1.29 is 9.47 Å². The van der Waals surface area contributed by atoms with Gasteiger partial charge in [-0.2, -0.15) is 5.10 Å². The molecule has 0 saturated carbocycles. The number of methoxy groups -OCH3 is 1. The molecule has 0 aliphatic rings. The number of hydrogen-bond donors (Lipinski definition) is 2. The molecule has 0 spiro atoms. The number of nitrogens with one attached hydrogen (secondary N) is 2. The van der Waals surface area contributed by atoms with Gasteiger partial charge in [-0.3, -0.25) is 5.43 Å². The van der Waals surface area contributed by atoms with Crippen LogP contribution < -0.4 is 20.2 Å². The summed E-state index contributed by atoms with van der Waals surface area (Å²) in [5, 5.41) is 7.58. The van der Waals surface area contributed by atoms with E-state index >= 15 is 0 Å². The quantitative estimate of drug-likeness (QED) is 0.367. The molecule has 0 aliphatic heterocycles. The van der Waals surface area contributed by atoms with Crippen LogP contribution in [0.25, 0.3) is 0 Å². The Morgan fingerprint density at radius 3 is 2.48 bits per heavy atom. The molecule has 136 valence electrons. The van der Waals surface area contributed by atoms with E-state index in [0.29, 0.717) is 10.9 Å². The molecule has 0 fully saturated rings. The molecule has 3 aromatic rings. The molecule has 2 N–H and O–H groups in total. The molecule has 0 amide bonds. The van der Waals surface area contributed by atoms with Crippen LogP contribution in [0.5, 0.6) is 17.2 Å². The molecule has 3 rings (SSSR count). The highest BCUT2D eigenvalue weighted by Crippen LogP contribution is 2.23. The van der Waals surface area contributed by atoms with Gasteiger partial charge in [0.25, 0.3) is 0 Å². The fourth-order valence-corrected chi connectivity index (χ4v) is 2.51. The lowest BCUT2D eigenvalue weighted by molar-refractivity contribution is 0.417. The standard InChI is InChI=1S/C21H19N3O2S/c1-25-20-13-6-5-12-19(20)23-21(27)24-22-15-16-8-7-11-18(14-16)26-17-9-3-2-4-10-17/h2-15H,1H3,(H2,23,24,27)/b22-15+. The van der Waals surface area contributed by atoms with Gasteiger partial charge in [-0.25, -0.2) is 0 Å². The predicted molar refractivity (Wildman–Crippen MR) is 113 cm³/mol. The van der Waals surface area contributed by atoms with Crippen molar-refractivity contribution in [1.82, 2.24) is 5.43 Å². The number of nitrogens with zero attached hydrogens (tertiary/aromatic N) is 1. The number of para-hydroxylation sites is 3. The molecule has 0 unspecified atom stereocenters. The van der Waals surface area contributed by atoms with Gasteiger partial charge in [0.05, 0.1) is 19.0 Å². The lowest BCUT2D eigenvalue weighted by atomic mass is 10.2. The molecule has 0 bridgehead atoms. The molecule has 6 heteroatoms. The van der Waals surface area contributed by atoms with Crippen LogP contribution in [-0.2, 0) is 0 Å². The van der Waals surface area contributed by atoms with Crippen LogP contribution in [0.3, 0.4) is 0 Å². The van der Waals surface area contributed by atoms with E-state index in [9.17, 15) is 0 Å². The summed E-state index contributed by atoms with van der Waals surface area (Å²) in [7, 11) is 1.61. The number of thiocarbonyl (C=S) groups is 1. The molecular formula is C21H19N3O2S. The van der Waals surface area contributed by atoms with Gasteiger partial charge >= 0.3 is 0 Å². The number of benzene rings is 3. The molecule has 0 atom stereocenters. The lowest BCUT2D eigenvalue weighted by Crippen LogP contribution is -2.24. The van der Waals surface area contributed by atoms with Crippen LogP contribution in [0.2, 0.25) is 0 Å². The first-order valence-electron chi connectivity index (χ1n) is 8.30. The number of rotatable bonds is 6. The number of ether oxygens (including phenoxy) is 2. The third-order valence-corrected chi connectivity index (χ3v) is 3.77. The smallest absolute Gasteiger partial charge is 0.191 e. The predicted octanol–water partition coefficient (Wildman–Crippen LogP) is 4.81. The molecule has 0 saturated heterocycles. The zero-order valence-electron chi connectivity index (χ0n) is 14.8. The Balaban J connectivity index is 1.58. The van der Waals surface area contributed by atoms with E-state index < -0.39 is 0 Å². The second-order valence-corrected chi connectivity index (χ2v) is 5.92. The topological polar surface area (TPSA) is 54.9 Å². The van der Waals surface area contributed by atoms with E-state index in [1.54, 1.807) is 13.3 Å². The molecule has 0 aliphatic carbocycles. The molecule has 5 nitrogen and oxygen atoms in total. The number of hydrazone groups is 1. The Morgan fingerprint density at radius 1 is 0.926 bits per heavy atom. The minimum absolute atomic E-state index is 0.368. The maximum absolute atomic E-state index is 5.82. The van der Waals surface area contributed by atoms with Crippen LogP contribution in [0, 0.1) is 0 Å². The summed E-state index contributed by atoms with van der Waals surface area (Å²) in [5.74, 6) is 2.23. The van der Waals surface area contributed by atoms with E-state index in [-0.39, 0.29) is 0 Å². The third kappa shape index (κ3) is 5.55. The maximum atomic E-state index is 5.82. The van der Waals surface area contributed by atoms with E-state index in [4.69, 9.17) is 21.7 Å². The van der Waals surface area contributed by atoms with Gasteiger partial charge < -0.3 is 14.8 Å². The Bertz CT molecular complexity index is 929. The highest BCUT2D eigenvalue weighted by Gasteiger charge is 2.03. The minimum atomic E-state index is 0.368. The van der Waals surface area contributed by atoms with Crippen LogP contribution in [0.1, 0.15) is 5.56 Å². The Kier molecular flexibility index (Phi) is 6.38. The van der Waals surface area contributed by atoms with Gasteiger partial charge in [0.2, 0.25) is 0 Å². The zero-order chi connectivity index (χ0) is 18.9. The SMILES string of the molecule is COc1ccccc1NC(=S)N/N=C/c1cccc(Oc2ccccc2)c1. The van der Waals surface area contributed by atoms with Crippen molar-refractivity contribution in [2.45, 2.75) is 0 Å². The Morgan fingerprint density at radius 2 is 1.67 bits per heavy atom. The van der Waals surface area contributed by atoms with Crippen LogP contribution >= 0.6 is 12.2 Å². The Labute approximate surface area is 163 Å². The summed E-state index contributed by atoms with van der Waals surface area (Å²) in [6.45, 7) is 0. The first-order valence-corrected chi connectivity index (χ1v) is 8.71. The zero-order valence-corrected chi connectivity index (χ0v) is 15.6. The van der Waals surface area contributed by atoms with E-state index in [2.05, 4.69) is 15.8 Å². The second kappa shape index (κ2) is 9.35. The van der Waals surface area contributed by atoms with Gasteiger partial charge in [-0.1, -0.05) is 42.5 Å². The maximum Gasteiger partial charge on any atom is 0.191 e. The van der Waals surface area contributed by atoms with Crippen LogP contribution in [0.15, 0.2) is 84.0 Å². The summed E-state index contributed by atoms with van der Waals surface area (Å²) >= 11 is 5.26. The first kappa shape index (κ1) is 18.4. The van der Waals surface area contributed by atoms with E-state index in [0.717, 1.165) is 22.7 Å². The third-order valence-electron chi connectivity index (χ3n) is 3.57. The molecular weight excluding hydrogens is 358 g/mol. The van der Waals surface area contributed by atoms with E-state index in [1.165, 1.54) is 0 Å². The van der Waals surface area contributed by atoms with Crippen molar-refractivity contribution in [3.05, 3.63) is 84.4 Å². The monoisotopic (exact) mass is 377 g/mol. The fourth-order valence-electron chi connectivity index (χ4n) is 2.35. The second-order valence-electron chi connectivity index (χ2n) is 5.51. The van der Waals surface area contributed by atoms with Gasteiger partial charge in [0.15, 0.2) is 5.11 Å². The number of hydrogen-bond acceptors (Lipinski definition) is 4. The van der Waals surface area contributed by atoms with Crippen LogP contribution in [-0.4, -0.2) is 18.4 Å². The first-order chi connectivity index (χ1) is 13.2. The summed E-state index contributed by atoms with van der Waals surface area (Å²) < 4.78 is 11.1. The fraction of sp³-hybridized carbons (Fsp3) is 0.0476. The van der Waals surface area contributed by atoms with Crippen molar-refractivity contribution in [2.24, 2.45) is 5.10 Å². The van der Waals surface area contributed by atoms with Crippen molar-refractivity contribution in [2.75, 3.05) is 12.4 Å². The summed E-state index contributed by atoms with van der Waals surface area (Å²) in [6.07, 6.45) is 1.67. The van der Waals surface area contributed by atoms with Gasteiger partial charge in [-0.05, 0) is 54.2 Å². The molecule has 3 aromatic carbocycles. The van der Waals surface area contributed by atoms with E-state index in [1.807, 2.05) is 78.9 Å². The highest BCUT2D eigenvalue weighted by molar-refractivity contribution is 7.80. The van der Waals surface area contributed by atoms with Crippen LogP contribution in [0.4, 0.5) is 5.69 Å². The highest BCUT2D eigenvalue weighted by atomic mass is 32.1. The average molecular weight is 377 g/mol. The Hall–Kier alpha value is -3.38. The summed E-state index contributed by atoms with van der Waals surface area (Å²) in [4.78, 5) is 0. The van der Waals surface area contributed by atoms with Crippen molar-refractivity contribution in [3.63, 3.8) is 0 Å². The molecule has 27 heavy (non-hydrogen) atoms. The average Bonchev–Trinajstić information content (AvgIpc) is 2.69. The van der Waals surface area contributed by atoms with Crippen molar-refractivity contribution in [3.8, 4) is 17.2 Å². The van der Waals surface area contributed by atoms with Gasteiger partial charge in [0, 0.05) is 0 Å². The number of anilines is 1.